The standard InChI is InChI=1S/C16H22F3N3/c17-16(18,19)13-1-3-14(4-2-13)21-9-11-22(12-10-21)15-5-7-20-8-6-15/h1-4,15,20H,5-12H2. The summed E-state index contributed by atoms with van der Waals surface area (Å²) in [5, 5.41) is 3.38. The molecule has 2 saturated heterocycles. The largest absolute Gasteiger partial charge is 0.416 e. The van der Waals surface area contributed by atoms with Gasteiger partial charge in [-0.1, -0.05) is 0 Å². The van der Waals surface area contributed by atoms with Gasteiger partial charge in [-0.2, -0.15) is 13.2 Å². The average molecular weight is 313 g/mol. The van der Waals surface area contributed by atoms with Gasteiger partial charge in [0.25, 0.3) is 0 Å². The Kier molecular flexibility index (Phi) is 4.59. The topological polar surface area (TPSA) is 18.5 Å². The van der Waals surface area contributed by atoms with Crippen molar-refractivity contribution in [2.45, 2.75) is 25.1 Å². The van der Waals surface area contributed by atoms with Crippen LogP contribution in [-0.4, -0.2) is 50.2 Å². The van der Waals surface area contributed by atoms with Crippen LogP contribution in [0.2, 0.25) is 0 Å². The monoisotopic (exact) mass is 313 g/mol. The Morgan fingerprint density at radius 3 is 2.05 bits per heavy atom. The van der Waals surface area contributed by atoms with E-state index in [-0.39, 0.29) is 0 Å². The number of nitrogens with one attached hydrogen (secondary N) is 1. The molecule has 2 fully saturated rings. The number of benzene rings is 1. The fourth-order valence-corrected chi connectivity index (χ4v) is 3.38. The number of rotatable bonds is 2. The number of nitrogens with zero attached hydrogens (tertiary/aromatic N) is 2. The maximum absolute atomic E-state index is 12.6. The minimum Gasteiger partial charge on any atom is -0.369 e. The lowest BCUT2D eigenvalue weighted by atomic mass is 10.0. The van der Waals surface area contributed by atoms with Crippen LogP contribution in [0, 0.1) is 0 Å². The van der Waals surface area contributed by atoms with Crippen molar-refractivity contribution in [3.05, 3.63) is 29.8 Å². The van der Waals surface area contributed by atoms with Crippen molar-refractivity contribution in [2.75, 3.05) is 44.2 Å². The Bertz CT molecular complexity index is 472. The van der Waals surface area contributed by atoms with E-state index in [1.165, 1.54) is 25.0 Å². The first-order chi connectivity index (χ1) is 10.5. The zero-order valence-electron chi connectivity index (χ0n) is 12.6. The second-order valence-corrected chi connectivity index (χ2v) is 6.05. The van der Waals surface area contributed by atoms with Crippen molar-refractivity contribution >= 4 is 5.69 Å². The van der Waals surface area contributed by atoms with Gasteiger partial charge in [-0.05, 0) is 50.2 Å². The smallest absolute Gasteiger partial charge is 0.369 e. The molecule has 1 aromatic carbocycles. The number of piperidine rings is 1. The van der Waals surface area contributed by atoms with Gasteiger partial charge in [0.2, 0.25) is 0 Å². The first-order valence-electron chi connectivity index (χ1n) is 7.91. The van der Waals surface area contributed by atoms with E-state index in [2.05, 4.69) is 15.1 Å². The van der Waals surface area contributed by atoms with Gasteiger partial charge in [-0.25, -0.2) is 0 Å². The normalized spacial score (nSPS) is 22.0. The molecule has 1 aromatic rings. The molecule has 6 heteroatoms. The molecule has 0 radical (unpaired) electrons. The second kappa shape index (κ2) is 6.46. The first kappa shape index (κ1) is 15.6. The molecule has 0 aromatic heterocycles. The average Bonchev–Trinajstić information content (AvgIpc) is 2.55. The third kappa shape index (κ3) is 3.55. The van der Waals surface area contributed by atoms with Gasteiger partial charge in [-0.15, -0.1) is 0 Å². The summed E-state index contributed by atoms with van der Waals surface area (Å²) in [6.45, 7) is 5.93. The highest BCUT2D eigenvalue weighted by atomic mass is 19.4. The third-order valence-corrected chi connectivity index (χ3v) is 4.70. The second-order valence-electron chi connectivity index (χ2n) is 6.05. The van der Waals surface area contributed by atoms with Crippen LogP contribution < -0.4 is 10.2 Å². The van der Waals surface area contributed by atoms with Crippen molar-refractivity contribution in [2.24, 2.45) is 0 Å². The molecule has 0 atom stereocenters. The summed E-state index contributed by atoms with van der Waals surface area (Å²) < 4.78 is 37.8. The summed E-state index contributed by atoms with van der Waals surface area (Å²) in [4.78, 5) is 4.71. The Morgan fingerprint density at radius 1 is 0.909 bits per heavy atom. The molecule has 0 aliphatic carbocycles. The number of piperazine rings is 1. The molecular formula is C16H22F3N3. The van der Waals surface area contributed by atoms with Crippen molar-refractivity contribution in [1.82, 2.24) is 10.2 Å². The molecule has 0 saturated carbocycles. The number of alkyl halides is 3. The van der Waals surface area contributed by atoms with Crippen LogP contribution in [0.3, 0.4) is 0 Å². The molecule has 2 aliphatic rings. The molecular weight excluding hydrogens is 291 g/mol. The quantitative estimate of drug-likeness (QED) is 0.905. The van der Waals surface area contributed by atoms with E-state index in [1.807, 2.05) is 0 Å². The van der Waals surface area contributed by atoms with Gasteiger partial charge < -0.3 is 10.2 Å². The summed E-state index contributed by atoms with van der Waals surface area (Å²) >= 11 is 0. The Morgan fingerprint density at radius 2 is 1.50 bits per heavy atom. The molecule has 3 rings (SSSR count). The maximum Gasteiger partial charge on any atom is 0.416 e. The van der Waals surface area contributed by atoms with Crippen molar-refractivity contribution in [1.29, 1.82) is 0 Å². The molecule has 22 heavy (non-hydrogen) atoms. The minimum atomic E-state index is -4.26. The van der Waals surface area contributed by atoms with Crippen LogP contribution in [-0.2, 0) is 6.18 Å². The summed E-state index contributed by atoms with van der Waals surface area (Å²) in [6, 6.07) is 6.19. The molecule has 0 bridgehead atoms. The molecule has 1 N–H and O–H groups in total. The summed E-state index contributed by atoms with van der Waals surface area (Å²) in [5.74, 6) is 0. The highest BCUT2D eigenvalue weighted by Crippen LogP contribution is 2.30. The molecule has 0 unspecified atom stereocenters. The molecule has 122 valence electrons. The summed E-state index contributed by atoms with van der Waals surface area (Å²) in [5.41, 5.74) is 0.308. The highest BCUT2D eigenvalue weighted by Gasteiger charge is 2.30. The van der Waals surface area contributed by atoms with Gasteiger partial charge >= 0.3 is 6.18 Å². The number of anilines is 1. The van der Waals surface area contributed by atoms with Crippen molar-refractivity contribution < 1.29 is 13.2 Å². The molecule has 0 spiro atoms. The first-order valence-corrected chi connectivity index (χ1v) is 7.91. The Balaban J connectivity index is 1.57. The van der Waals surface area contributed by atoms with E-state index in [0.29, 0.717) is 6.04 Å². The third-order valence-electron chi connectivity index (χ3n) is 4.70. The number of hydrogen-bond acceptors (Lipinski definition) is 3. The summed E-state index contributed by atoms with van der Waals surface area (Å²) in [7, 11) is 0. The van der Waals surface area contributed by atoms with Crippen LogP contribution in [0.5, 0.6) is 0 Å². The van der Waals surface area contributed by atoms with E-state index >= 15 is 0 Å². The van der Waals surface area contributed by atoms with Gasteiger partial charge in [0.1, 0.15) is 0 Å². The fraction of sp³-hybridized carbons (Fsp3) is 0.625. The van der Waals surface area contributed by atoms with Crippen molar-refractivity contribution in [3.8, 4) is 0 Å². The maximum atomic E-state index is 12.6. The van der Waals surface area contributed by atoms with Crippen LogP contribution >= 0.6 is 0 Å². The van der Waals surface area contributed by atoms with Gasteiger partial charge in [0.15, 0.2) is 0 Å². The lowest BCUT2D eigenvalue weighted by Crippen LogP contribution is -2.52. The van der Waals surface area contributed by atoms with E-state index in [0.717, 1.165) is 45.0 Å². The Labute approximate surface area is 129 Å². The van der Waals surface area contributed by atoms with Gasteiger partial charge in [-0.3, -0.25) is 4.90 Å². The van der Waals surface area contributed by atoms with Gasteiger partial charge in [0.05, 0.1) is 5.56 Å². The number of hydrogen-bond donors (Lipinski definition) is 1. The zero-order valence-corrected chi connectivity index (χ0v) is 12.6. The predicted molar refractivity (Wildman–Crippen MR) is 81.1 cm³/mol. The number of halogens is 3. The fourth-order valence-electron chi connectivity index (χ4n) is 3.38. The highest BCUT2D eigenvalue weighted by molar-refractivity contribution is 5.48. The summed E-state index contributed by atoms with van der Waals surface area (Å²) in [6.07, 6.45) is -1.87. The van der Waals surface area contributed by atoms with Crippen molar-refractivity contribution in [3.63, 3.8) is 0 Å². The predicted octanol–water partition coefficient (Wildman–Crippen LogP) is 2.58. The molecule has 2 aliphatic heterocycles. The Hall–Kier alpha value is -1.27. The van der Waals surface area contributed by atoms with Crippen LogP contribution in [0.4, 0.5) is 18.9 Å². The molecule has 3 nitrogen and oxygen atoms in total. The van der Waals surface area contributed by atoms with Gasteiger partial charge in [0, 0.05) is 37.9 Å². The zero-order chi connectivity index (χ0) is 15.6. The minimum absolute atomic E-state index is 0.579. The van der Waals surface area contributed by atoms with E-state index in [4.69, 9.17) is 0 Å². The molecule has 2 heterocycles. The van der Waals surface area contributed by atoms with Crippen LogP contribution in [0.15, 0.2) is 24.3 Å². The van der Waals surface area contributed by atoms with E-state index < -0.39 is 11.7 Å². The lowest BCUT2D eigenvalue weighted by molar-refractivity contribution is -0.137. The SMILES string of the molecule is FC(F)(F)c1ccc(N2CCN(C3CCNCC3)CC2)cc1. The van der Waals surface area contributed by atoms with Crippen LogP contribution in [0.25, 0.3) is 0 Å². The molecule has 0 amide bonds. The van der Waals surface area contributed by atoms with E-state index in [9.17, 15) is 13.2 Å². The van der Waals surface area contributed by atoms with Crippen LogP contribution in [0.1, 0.15) is 18.4 Å². The lowest BCUT2D eigenvalue weighted by Gasteiger charge is -2.41. The van der Waals surface area contributed by atoms with E-state index in [1.54, 1.807) is 12.1 Å².